The number of fused-ring (bicyclic) bond motifs is 1. The number of rotatable bonds is 3. The van der Waals surface area contributed by atoms with E-state index in [1.54, 1.807) is 18.2 Å². The number of aromatic nitrogens is 4. The van der Waals surface area contributed by atoms with E-state index >= 15 is 0 Å². The van der Waals surface area contributed by atoms with Crippen LogP contribution in [0.25, 0.3) is 11.1 Å². The first kappa shape index (κ1) is 11.2. The van der Waals surface area contributed by atoms with Crippen molar-refractivity contribution in [2.75, 3.05) is 11.1 Å². The molecule has 0 atom stereocenters. The summed E-state index contributed by atoms with van der Waals surface area (Å²) < 4.78 is 5.11. The summed E-state index contributed by atoms with van der Waals surface area (Å²) in [5.74, 6) is 0.0234. The maximum absolute atomic E-state index is 11.8. The van der Waals surface area contributed by atoms with Crippen LogP contribution in [-0.4, -0.2) is 25.9 Å². The van der Waals surface area contributed by atoms with Crippen LogP contribution in [0.15, 0.2) is 35.2 Å². The minimum atomic E-state index is -0.251. The van der Waals surface area contributed by atoms with Crippen LogP contribution in [0.3, 0.4) is 0 Å². The third kappa shape index (κ3) is 2.37. The van der Waals surface area contributed by atoms with Gasteiger partial charge in [-0.15, -0.1) is 5.10 Å². The molecule has 96 valence electrons. The van der Waals surface area contributed by atoms with Crippen LogP contribution in [0.4, 0.5) is 11.5 Å². The minimum absolute atomic E-state index is 0.00590. The van der Waals surface area contributed by atoms with Crippen molar-refractivity contribution in [3.63, 3.8) is 0 Å². The van der Waals surface area contributed by atoms with Gasteiger partial charge in [0.25, 0.3) is 0 Å². The molecule has 0 saturated carbocycles. The number of carbonyl (C=O) groups is 1. The molecule has 8 nitrogen and oxygen atoms in total. The Balaban J connectivity index is 1.71. The highest BCUT2D eigenvalue weighted by Gasteiger charge is 2.07. The van der Waals surface area contributed by atoms with Gasteiger partial charge in [0.2, 0.25) is 5.91 Å². The van der Waals surface area contributed by atoms with Crippen molar-refractivity contribution in [1.82, 2.24) is 20.0 Å². The fourth-order valence-electron chi connectivity index (χ4n) is 1.65. The van der Waals surface area contributed by atoms with Crippen molar-refractivity contribution < 1.29 is 9.21 Å². The predicted octanol–water partition coefficient (Wildman–Crippen LogP) is 0.640. The van der Waals surface area contributed by atoms with E-state index < -0.39 is 0 Å². The molecule has 2 heterocycles. The van der Waals surface area contributed by atoms with Crippen LogP contribution < -0.4 is 11.1 Å². The molecule has 1 aromatic carbocycles. The zero-order valence-electron chi connectivity index (χ0n) is 9.78. The van der Waals surface area contributed by atoms with Crippen LogP contribution in [-0.2, 0) is 11.3 Å². The number of hydrogen-bond donors (Lipinski definition) is 2. The van der Waals surface area contributed by atoms with Gasteiger partial charge in [-0.3, -0.25) is 4.79 Å². The van der Waals surface area contributed by atoms with E-state index in [1.165, 1.54) is 17.4 Å². The molecular weight excluding hydrogens is 248 g/mol. The monoisotopic (exact) mass is 258 g/mol. The number of nitrogens with zero attached hydrogens (tertiary/aromatic N) is 4. The number of carbonyl (C=O) groups excluding carboxylic acids is 1. The number of nitrogens with one attached hydrogen (secondary N) is 1. The second-order valence-electron chi connectivity index (χ2n) is 3.88. The average Bonchev–Trinajstić information content (AvgIpc) is 2.97. The fourth-order valence-corrected chi connectivity index (χ4v) is 1.65. The van der Waals surface area contributed by atoms with Gasteiger partial charge in [0.15, 0.2) is 17.8 Å². The van der Waals surface area contributed by atoms with E-state index in [1.807, 2.05) is 0 Å². The van der Waals surface area contributed by atoms with Gasteiger partial charge in [-0.05, 0) is 18.2 Å². The maximum Gasteiger partial charge on any atom is 0.247 e. The third-order valence-corrected chi connectivity index (χ3v) is 2.45. The molecule has 1 amide bonds. The molecule has 0 fully saturated rings. The lowest BCUT2D eigenvalue weighted by atomic mass is 10.3. The quantitative estimate of drug-likeness (QED) is 0.713. The average molecular weight is 258 g/mol. The Labute approximate surface area is 107 Å². The lowest BCUT2D eigenvalue weighted by Crippen LogP contribution is -2.20. The highest BCUT2D eigenvalue weighted by Crippen LogP contribution is 2.17. The smallest absolute Gasteiger partial charge is 0.247 e. The molecule has 3 rings (SSSR count). The molecule has 8 heteroatoms. The van der Waals surface area contributed by atoms with Crippen LogP contribution in [0.5, 0.6) is 0 Å². The molecule has 0 unspecified atom stereocenters. The van der Waals surface area contributed by atoms with E-state index in [-0.39, 0.29) is 18.3 Å². The molecule has 0 saturated heterocycles. The number of benzene rings is 1. The topological polar surface area (TPSA) is 112 Å². The number of hydrogen-bond acceptors (Lipinski definition) is 6. The molecular formula is C11H10N6O2. The maximum atomic E-state index is 11.8. The summed E-state index contributed by atoms with van der Waals surface area (Å²) in [6.45, 7) is -0.00590. The third-order valence-electron chi connectivity index (χ3n) is 2.45. The number of anilines is 2. The first-order valence-electron chi connectivity index (χ1n) is 5.49. The van der Waals surface area contributed by atoms with E-state index in [2.05, 4.69) is 20.5 Å². The van der Waals surface area contributed by atoms with Crippen LogP contribution in [0.2, 0.25) is 0 Å². The summed E-state index contributed by atoms with van der Waals surface area (Å²) in [7, 11) is 0. The molecule has 0 radical (unpaired) electrons. The van der Waals surface area contributed by atoms with E-state index in [4.69, 9.17) is 10.2 Å². The lowest BCUT2D eigenvalue weighted by molar-refractivity contribution is -0.117. The van der Waals surface area contributed by atoms with Gasteiger partial charge in [0, 0.05) is 5.69 Å². The Kier molecular flexibility index (Phi) is 2.60. The van der Waals surface area contributed by atoms with Crippen molar-refractivity contribution >= 4 is 28.5 Å². The first-order chi connectivity index (χ1) is 9.20. The molecule has 0 aliphatic heterocycles. The Bertz CT molecular complexity index is 731. The number of oxazole rings is 1. The van der Waals surface area contributed by atoms with Gasteiger partial charge in [-0.1, -0.05) is 0 Å². The second kappa shape index (κ2) is 4.41. The highest BCUT2D eigenvalue weighted by atomic mass is 16.3. The summed E-state index contributed by atoms with van der Waals surface area (Å²) in [6.07, 6.45) is 2.74. The zero-order valence-corrected chi connectivity index (χ0v) is 9.78. The zero-order chi connectivity index (χ0) is 13.2. The Morgan fingerprint density at radius 2 is 2.37 bits per heavy atom. The van der Waals surface area contributed by atoms with Gasteiger partial charge in [-0.25, -0.2) is 4.98 Å². The summed E-state index contributed by atoms with van der Waals surface area (Å²) >= 11 is 0. The van der Waals surface area contributed by atoms with Crippen molar-refractivity contribution in [1.29, 1.82) is 0 Å². The van der Waals surface area contributed by atoms with E-state index in [0.717, 1.165) is 0 Å². The number of amides is 1. The van der Waals surface area contributed by atoms with Gasteiger partial charge >= 0.3 is 0 Å². The SMILES string of the molecule is Nc1cnn(CC(=O)Nc2ccc3ocnc3c2)n1. The number of nitrogens with two attached hydrogens (primary N) is 1. The molecule has 0 aliphatic rings. The van der Waals surface area contributed by atoms with Crippen molar-refractivity contribution in [2.45, 2.75) is 6.54 Å². The first-order valence-corrected chi connectivity index (χ1v) is 5.49. The van der Waals surface area contributed by atoms with Crippen molar-refractivity contribution in [3.05, 3.63) is 30.8 Å². The van der Waals surface area contributed by atoms with Gasteiger partial charge in [0.05, 0.1) is 6.20 Å². The van der Waals surface area contributed by atoms with Gasteiger partial charge < -0.3 is 15.5 Å². The normalized spacial score (nSPS) is 10.7. The molecule has 0 bridgehead atoms. The standard InChI is InChI=1S/C11H10N6O2/c12-10-4-14-17(16-10)5-11(18)15-7-1-2-9-8(3-7)13-6-19-9/h1-4,6H,5H2,(H2,12,16)(H,15,18). The number of nitrogen functional groups attached to an aromatic ring is 1. The Hall–Kier alpha value is -2.90. The molecule has 3 aromatic rings. The molecule has 0 spiro atoms. The van der Waals surface area contributed by atoms with Crippen molar-refractivity contribution in [2.24, 2.45) is 0 Å². The lowest BCUT2D eigenvalue weighted by Gasteiger charge is -2.04. The van der Waals surface area contributed by atoms with E-state index in [0.29, 0.717) is 16.8 Å². The second-order valence-corrected chi connectivity index (χ2v) is 3.88. The van der Waals surface area contributed by atoms with E-state index in [9.17, 15) is 4.79 Å². The highest BCUT2D eigenvalue weighted by molar-refractivity contribution is 5.92. The van der Waals surface area contributed by atoms with Crippen molar-refractivity contribution in [3.8, 4) is 0 Å². The minimum Gasteiger partial charge on any atom is -0.443 e. The Morgan fingerprint density at radius 3 is 3.16 bits per heavy atom. The van der Waals surface area contributed by atoms with Crippen LogP contribution >= 0.6 is 0 Å². The predicted molar refractivity (Wildman–Crippen MR) is 67.1 cm³/mol. The molecule has 2 aromatic heterocycles. The van der Waals surface area contributed by atoms with Crippen LogP contribution in [0.1, 0.15) is 0 Å². The van der Waals surface area contributed by atoms with Crippen LogP contribution in [0, 0.1) is 0 Å². The largest absolute Gasteiger partial charge is 0.443 e. The summed E-state index contributed by atoms with van der Waals surface area (Å²) in [4.78, 5) is 17.0. The summed E-state index contributed by atoms with van der Waals surface area (Å²) in [6, 6.07) is 5.19. The van der Waals surface area contributed by atoms with Gasteiger partial charge in [0.1, 0.15) is 12.1 Å². The summed E-state index contributed by atoms with van der Waals surface area (Å²) in [5.41, 5.74) is 7.39. The van der Waals surface area contributed by atoms with Gasteiger partial charge in [-0.2, -0.15) is 9.90 Å². The molecule has 3 N–H and O–H groups in total. The Morgan fingerprint density at radius 1 is 1.47 bits per heavy atom. The fraction of sp³-hybridized carbons (Fsp3) is 0.0909. The molecule has 19 heavy (non-hydrogen) atoms. The summed E-state index contributed by atoms with van der Waals surface area (Å²) in [5, 5.41) is 10.4. The molecule has 0 aliphatic carbocycles.